The first-order chi connectivity index (χ1) is 13.1. The molecule has 1 aliphatic carbocycles. The number of hydrogen-bond acceptors (Lipinski definition) is 5. The third-order valence-electron chi connectivity index (χ3n) is 5.44. The van der Waals surface area contributed by atoms with E-state index in [1.807, 2.05) is 16.1 Å². The van der Waals surface area contributed by atoms with Gasteiger partial charge in [0.15, 0.2) is 0 Å². The van der Waals surface area contributed by atoms with Gasteiger partial charge in [-0.1, -0.05) is 0 Å². The van der Waals surface area contributed by atoms with E-state index in [4.69, 9.17) is 4.74 Å². The predicted octanol–water partition coefficient (Wildman–Crippen LogP) is 0.828. The molecule has 0 aromatic rings. The van der Waals surface area contributed by atoms with Crippen molar-refractivity contribution in [3.05, 3.63) is 0 Å². The summed E-state index contributed by atoms with van der Waals surface area (Å²) in [5, 5.41) is 0. The molecule has 0 spiro atoms. The van der Waals surface area contributed by atoms with Crippen molar-refractivity contribution in [2.24, 2.45) is 5.92 Å². The number of carbonyl (C=O) groups excluding carboxylic acids is 3. The van der Waals surface area contributed by atoms with Gasteiger partial charge in [0.25, 0.3) is 0 Å². The van der Waals surface area contributed by atoms with Gasteiger partial charge >= 0.3 is 0 Å². The molecule has 2 heterocycles. The SMILES string of the molecule is CSCC(=O)N1CC(=O)N(CCCN2CCCC2=O)C[C@H](OCC2CC2)C1. The molecule has 7 nitrogen and oxygen atoms in total. The number of ether oxygens (including phenoxy) is 1. The van der Waals surface area contributed by atoms with Crippen LogP contribution in [-0.2, 0) is 19.1 Å². The van der Waals surface area contributed by atoms with E-state index in [9.17, 15) is 14.4 Å². The van der Waals surface area contributed by atoms with E-state index in [1.165, 1.54) is 24.6 Å². The molecule has 0 bridgehead atoms. The summed E-state index contributed by atoms with van der Waals surface area (Å²) in [5.41, 5.74) is 0. The van der Waals surface area contributed by atoms with Crippen LogP contribution in [0.1, 0.15) is 32.1 Å². The fraction of sp³-hybridized carbons (Fsp3) is 0.842. The third-order valence-corrected chi connectivity index (χ3v) is 5.98. The highest BCUT2D eigenvalue weighted by Crippen LogP contribution is 2.29. The Kier molecular flexibility index (Phi) is 7.41. The molecule has 2 aliphatic heterocycles. The first-order valence-electron chi connectivity index (χ1n) is 10.0. The number of nitrogens with zero attached hydrogens (tertiary/aromatic N) is 3. The molecule has 1 atom stereocenters. The maximum absolute atomic E-state index is 12.7. The van der Waals surface area contributed by atoms with Crippen molar-refractivity contribution in [2.75, 3.05) is 57.9 Å². The first kappa shape index (κ1) is 20.5. The van der Waals surface area contributed by atoms with Gasteiger partial charge < -0.3 is 19.4 Å². The van der Waals surface area contributed by atoms with Crippen molar-refractivity contribution < 1.29 is 19.1 Å². The maximum atomic E-state index is 12.7. The topological polar surface area (TPSA) is 70.2 Å². The predicted molar refractivity (Wildman–Crippen MR) is 104 cm³/mol. The summed E-state index contributed by atoms with van der Waals surface area (Å²) in [6.45, 7) is 4.00. The van der Waals surface area contributed by atoms with E-state index in [-0.39, 0.29) is 30.4 Å². The highest BCUT2D eigenvalue weighted by Gasteiger charge is 2.32. The van der Waals surface area contributed by atoms with Crippen LogP contribution >= 0.6 is 11.8 Å². The molecule has 27 heavy (non-hydrogen) atoms. The average Bonchev–Trinajstić information content (AvgIpc) is 3.40. The second-order valence-corrected chi connectivity index (χ2v) is 8.65. The van der Waals surface area contributed by atoms with Crippen molar-refractivity contribution in [3.8, 4) is 0 Å². The molecule has 8 heteroatoms. The van der Waals surface area contributed by atoms with Gasteiger partial charge in [0.2, 0.25) is 17.7 Å². The minimum absolute atomic E-state index is 0.000357. The summed E-state index contributed by atoms with van der Waals surface area (Å²) in [7, 11) is 0. The molecule has 2 saturated heterocycles. The van der Waals surface area contributed by atoms with Gasteiger partial charge in [-0.3, -0.25) is 14.4 Å². The van der Waals surface area contributed by atoms with Crippen LogP contribution in [0, 0.1) is 5.92 Å². The minimum atomic E-state index is -0.128. The summed E-state index contributed by atoms with van der Waals surface area (Å²) in [6, 6.07) is 0. The van der Waals surface area contributed by atoms with Crippen LogP contribution in [-0.4, -0.2) is 96.4 Å². The van der Waals surface area contributed by atoms with Crippen LogP contribution in [0.2, 0.25) is 0 Å². The summed E-state index contributed by atoms with van der Waals surface area (Å²) in [5.74, 6) is 1.24. The van der Waals surface area contributed by atoms with Gasteiger partial charge in [-0.25, -0.2) is 0 Å². The van der Waals surface area contributed by atoms with Gasteiger partial charge in [0, 0.05) is 45.8 Å². The normalized spacial score (nSPS) is 23.9. The van der Waals surface area contributed by atoms with Crippen LogP contribution < -0.4 is 0 Å². The summed E-state index contributed by atoms with van der Waals surface area (Å²) < 4.78 is 6.06. The maximum Gasteiger partial charge on any atom is 0.242 e. The fourth-order valence-corrected chi connectivity index (χ4v) is 4.08. The fourth-order valence-electron chi connectivity index (χ4n) is 3.65. The summed E-state index contributed by atoms with van der Waals surface area (Å²) in [6.07, 6.45) is 6.55. The molecule has 3 amide bonds. The van der Waals surface area contributed by atoms with Crippen LogP contribution in [0.3, 0.4) is 0 Å². The van der Waals surface area contributed by atoms with Crippen molar-refractivity contribution in [3.63, 3.8) is 0 Å². The number of amides is 3. The van der Waals surface area contributed by atoms with Crippen molar-refractivity contribution in [2.45, 2.75) is 38.2 Å². The van der Waals surface area contributed by atoms with Crippen LogP contribution in [0.15, 0.2) is 0 Å². The lowest BCUT2D eigenvalue weighted by Crippen LogP contribution is -2.41. The van der Waals surface area contributed by atoms with E-state index in [2.05, 4.69) is 0 Å². The lowest BCUT2D eigenvalue weighted by molar-refractivity contribution is -0.137. The largest absolute Gasteiger partial charge is 0.374 e. The molecule has 0 radical (unpaired) electrons. The summed E-state index contributed by atoms with van der Waals surface area (Å²) in [4.78, 5) is 42.2. The Bertz CT molecular complexity index is 555. The molecular formula is C19H31N3O4S. The molecule has 0 N–H and O–H groups in total. The highest BCUT2D eigenvalue weighted by atomic mass is 32.2. The first-order valence-corrected chi connectivity index (χ1v) is 11.4. The lowest BCUT2D eigenvalue weighted by Gasteiger charge is -2.25. The molecule has 3 fully saturated rings. The molecule has 0 unspecified atom stereocenters. The molecule has 152 valence electrons. The minimum Gasteiger partial charge on any atom is -0.374 e. The Hall–Kier alpha value is -1.28. The zero-order chi connectivity index (χ0) is 19.2. The molecule has 3 aliphatic rings. The summed E-state index contributed by atoms with van der Waals surface area (Å²) >= 11 is 1.48. The Morgan fingerprint density at radius 1 is 1.15 bits per heavy atom. The lowest BCUT2D eigenvalue weighted by atomic mass is 10.3. The van der Waals surface area contributed by atoms with E-state index < -0.39 is 0 Å². The van der Waals surface area contributed by atoms with E-state index >= 15 is 0 Å². The van der Waals surface area contributed by atoms with Gasteiger partial charge in [-0.2, -0.15) is 11.8 Å². The second-order valence-electron chi connectivity index (χ2n) is 7.78. The average molecular weight is 398 g/mol. The number of carbonyl (C=O) groups is 3. The van der Waals surface area contributed by atoms with Crippen molar-refractivity contribution >= 4 is 29.5 Å². The monoisotopic (exact) mass is 397 g/mol. The van der Waals surface area contributed by atoms with Crippen LogP contribution in [0.4, 0.5) is 0 Å². The van der Waals surface area contributed by atoms with E-state index in [0.717, 1.165) is 26.0 Å². The Balaban J connectivity index is 1.55. The quantitative estimate of drug-likeness (QED) is 0.576. The molecular weight excluding hydrogens is 366 g/mol. The zero-order valence-electron chi connectivity index (χ0n) is 16.2. The number of rotatable bonds is 9. The number of likely N-dealkylation sites (tertiary alicyclic amines) is 1. The van der Waals surface area contributed by atoms with Crippen molar-refractivity contribution in [1.82, 2.24) is 14.7 Å². The zero-order valence-corrected chi connectivity index (χ0v) is 17.0. The Labute approximate surface area is 165 Å². The van der Waals surface area contributed by atoms with Gasteiger partial charge in [-0.05, 0) is 37.9 Å². The van der Waals surface area contributed by atoms with Crippen molar-refractivity contribution in [1.29, 1.82) is 0 Å². The second kappa shape index (κ2) is 9.78. The van der Waals surface area contributed by atoms with E-state index in [1.54, 1.807) is 4.90 Å². The molecule has 0 aromatic carbocycles. The Morgan fingerprint density at radius 3 is 2.59 bits per heavy atom. The highest BCUT2D eigenvalue weighted by molar-refractivity contribution is 7.99. The molecule has 3 rings (SSSR count). The van der Waals surface area contributed by atoms with E-state index in [0.29, 0.717) is 44.3 Å². The van der Waals surface area contributed by atoms with Crippen LogP contribution in [0.25, 0.3) is 0 Å². The Morgan fingerprint density at radius 2 is 1.93 bits per heavy atom. The molecule has 0 aromatic heterocycles. The third kappa shape index (κ3) is 6.10. The molecule has 1 saturated carbocycles. The van der Waals surface area contributed by atoms with Gasteiger partial charge in [0.05, 0.1) is 18.4 Å². The standard InChI is InChI=1S/C19H31N3O4S/c1-27-14-19(25)22-11-16(26-13-15-5-6-15)10-21(18(24)12-22)9-3-8-20-7-2-4-17(20)23/h15-16H,2-14H2,1H3/t16-/m0/s1. The van der Waals surface area contributed by atoms with Crippen LogP contribution in [0.5, 0.6) is 0 Å². The van der Waals surface area contributed by atoms with Gasteiger partial charge in [0.1, 0.15) is 0 Å². The van der Waals surface area contributed by atoms with Gasteiger partial charge in [-0.15, -0.1) is 0 Å². The number of hydrogen-bond donors (Lipinski definition) is 0. The smallest absolute Gasteiger partial charge is 0.242 e. The number of thioether (sulfide) groups is 1.